The number of hydrogen-bond acceptors (Lipinski definition) is 5. The number of piperazine rings is 1. The molecule has 3 rings (SSSR count). The second kappa shape index (κ2) is 10.4. The standard InChI is InChI=1S/C21H31N5O3/c1-24-12-14-25(15-13-24)11-5-4-10-22-19(27)8-9-21(29)26-16-20(28)23-17-6-2-3-7-18(17)26/h2-3,6-7H,4-5,8-16H2,1H3,(H,22,27)(H,23,28). The molecule has 158 valence electrons. The third kappa shape index (κ3) is 6.27. The molecule has 0 radical (unpaired) electrons. The van der Waals surface area contributed by atoms with Gasteiger partial charge in [-0.05, 0) is 38.6 Å². The number of unbranched alkanes of at least 4 members (excludes halogenated alkanes) is 1. The molecule has 0 atom stereocenters. The van der Waals surface area contributed by atoms with Gasteiger partial charge in [0.25, 0.3) is 0 Å². The third-order valence-electron chi connectivity index (χ3n) is 5.46. The van der Waals surface area contributed by atoms with Crippen molar-refractivity contribution in [3.05, 3.63) is 24.3 Å². The maximum absolute atomic E-state index is 12.5. The Morgan fingerprint density at radius 2 is 1.83 bits per heavy atom. The second-order valence-electron chi connectivity index (χ2n) is 7.75. The first kappa shape index (κ1) is 21.3. The molecule has 29 heavy (non-hydrogen) atoms. The summed E-state index contributed by atoms with van der Waals surface area (Å²) < 4.78 is 0. The molecule has 8 heteroatoms. The average molecular weight is 402 g/mol. The molecule has 1 saturated heterocycles. The maximum atomic E-state index is 12.5. The number of likely N-dealkylation sites (N-methyl/N-ethyl adjacent to an activating group) is 1. The van der Waals surface area contributed by atoms with Crippen molar-refractivity contribution in [1.29, 1.82) is 0 Å². The minimum atomic E-state index is -0.221. The van der Waals surface area contributed by atoms with E-state index in [9.17, 15) is 14.4 Å². The van der Waals surface area contributed by atoms with Gasteiger partial charge in [0.05, 0.1) is 11.4 Å². The zero-order valence-electron chi connectivity index (χ0n) is 17.2. The normalized spacial score (nSPS) is 17.6. The van der Waals surface area contributed by atoms with Crippen LogP contribution in [0, 0.1) is 0 Å². The predicted octanol–water partition coefficient (Wildman–Crippen LogP) is 0.896. The van der Waals surface area contributed by atoms with Gasteiger partial charge in [0.1, 0.15) is 6.54 Å². The number of anilines is 2. The van der Waals surface area contributed by atoms with Crippen molar-refractivity contribution >= 4 is 29.1 Å². The molecule has 2 aliphatic heterocycles. The van der Waals surface area contributed by atoms with Gasteiger partial charge in [0.15, 0.2) is 0 Å². The highest BCUT2D eigenvalue weighted by Crippen LogP contribution is 2.29. The quantitative estimate of drug-likeness (QED) is 0.632. The second-order valence-corrected chi connectivity index (χ2v) is 7.75. The number of para-hydroxylation sites is 2. The Kier molecular flexibility index (Phi) is 7.60. The van der Waals surface area contributed by atoms with E-state index in [2.05, 4.69) is 27.5 Å². The van der Waals surface area contributed by atoms with Crippen LogP contribution in [0.2, 0.25) is 0 Å². The molecule has 0 spiro atoms. The minimum absolute atomic E-state index is 0.0102. The fourth-order valence-corrected chi connectivity index (χ4v) is 3.66. The van der Waals surface area contributed by atoms with Crippen molar-refractivity contribution in [3.8, 4) is 0 Å². The van der Waals surface area contributed by atoms with Crippen LogP contribution in [0.25, 0.3) is 0 Å². The van der Waals surface area contributed by atoms with E-state index in [1.165, 1.54) is 4.90 Å². The fourth-order valence-electron chi connectivity index (χ4n) is 3.66. The maximum Gasteiger partial charge on any atom is 0.244 e. The summed E-state index contributed by atoms with van der Waals surface area (Å²) in [5.74, 6) is -0.549. The van der Waals surface area contributed by atoms with Crippen molar-refractivity contribution in [2.75, 3.05) is 63.1 Å². The largest absolute Gasteiger partial charge is 0.356 e. The molecule has 0 bridgehead atoms. The summed E-state index contributed by atoms with van der Waals surface area (Å²) in [6.07, 6.45) is 2.22. The van der Waals surface area contributed by atoms with Crippen LogP contribution >= 0.6 is 0 Å². The van der Waals surface area contributed by atoms with Gasteiger partial charge in [-0.1, -0.05) is 12.1 Å². The Hall–Kier alpha value is -2.45. The Bertz CT molecular complexity index is 731. The van der Waals surface area contributed by atoms with Crippen molar-refractivity contribution in [2.45, 2.75) is 25.7 Å². The van der Waals surface area contributed by atoms with Crippen molar-refractivity contribution in [2.24, 2.45) is 0 Å². The van der Waals surface area contributed by atoms with E-state index in [0.717, 1.165) is 45.6 Å². The number of hydrogen-bond donors (Lipinski definition) is 2. The Balaban J connectivity index is 1.32. The predicted molar refractivity (Wildman–Crippen MR) is 113 cm³/mol. The fraction of sp³-hybridized carbons (Fsp3) is 0.571. The Labute approximate surface area is 172 Å². The van der Waals surface area contributed by atoms with Gasteiger partial charge >= 0.3 is 0 Å². The molecule has 0 unspecified atom stereocenters. The van der Waals surface area contributed by atoms with Gasteiger partial charge in [-0.15, -0.1) is 0 Å². The van der Waals surface area contributed by atoms with E-state index in [1.54, 1.807) is 12.1 Å². The summed E-state index contributed by atoms with van der Waals surface area (Å²) in [4.78, 5) is 42.7. The molecule has 2 heterocycles. The average Bonchev–Trinajstić information content (AvgIpc) is 2.72. The molecule has 3 amide bonds. The van der Waals surface area contributed by atoms with Gasteiger partial charge < -0.3 is 25.3 Å². The number of nitrogens with zero attached hydrogens (tertiary/aromatic N) is 3. The molecule has 0 saturated carbocycles. The first-order valence-corrected chi connectivity index (χ1v) is 10.4. The summed E-state index contributed by atoms with van der Waals surface area (Å²) in [5, 5.41) is 5.66. The highest BCUT2D eigenvalue weighted by atomic mass is 16.2. The Morgan fingerprint density at radius 3 is 2.62 bits per heavy atom. The summed E-state index contributed by atoms with van der Waals surface area (Å²) in [7, 11) is 2.15. The van der Waals surface area contributed by atoms with Crippen molar-refractivity contribution in [1.82, 2.24) is 15.1 Å². The first-order valence-electron chi connectivity index (χ1n) is 10.4. The molecule has 2 aliphatic rings. The van der Waals surface area contributed by atoms with Gasteiger partial charge in [0, 0.05) is 45.6 Å². The van der Waals surface area contributed by atoms with Crippen LogP contribution in [0.5, 0.6) is 0 Å². The molecule has 1 aromatic rings. The zero-order valence-corrected chi connectivity index (χ0v) is 17.2. The van der Waals surface area contributed by atoms with E-state index in [1.807, 2.05) is 12.1 Å². The van der Waals surface area contributed by atoms with Gasteiger partial charge in [-0.2, -0.15) is 0 Å². The van der Waals surface area contributed by atoms with Crippen molar-refractivity contribution < 1.29 is 14.4 Å². The molecule has 1 fully saturated rings. The van der Waals surface area contributed by atoms with Crippen LogP contribution < -0.4 is 15.5 Å². The summed E-state index contributed by atoms with van der Waals surface area (Å²) >= 11 is 0. The van der Waals surface area contributed by atoms with Crippen LogP contribution in [0.1, 0.15) is 25.7 Å². The first-order chi connectivity index (χ1) is 14.0. The molecular weight excluding hydrogens is 370 g/mol. The van der Waals surface area contributed by atoms with Gasteiger partial charge in [0.2, 0.25) is 17.7 Å². The molecule has 0 aliphatic carbocycles. The highest BCUT2D eigenvalue weighted by molar-refractivity contribution is 6.10. The molecule has 8 nitrogen and oxygen atoms in total. The van der Waals surface area contributed by atoms with E-state index in [-0.39, 0.29) is 37.1 Å². The molecule has 2 N–H and O–H groups in total. The Morgan fingerprint density at radius 1 is 1.07 bits per heavy atom. The molecular formula is C21H31N5O3. The highest BCUT2D eigenvalue weighted by Gasteiger charge is 2.26. The zero-order chi connectivity index (χ0) is 20.6. The van der Waals surface area contributed by atoms with E-state index in [4.69, 9.17) is 0 Å². The van der Waals surface area contributed by atoms with Crippen LogP contribution in [-0.4, -0.2) is 80.4 Å². The topological polar surface area (TPSA) is 85.0 Å². The van der Waals surface area contributed by atoms with Gasteiger partial charge in [-0.25, -0.2) is 0 Å². The van der Waals surface area contributed by atoms with E-state index < -0.39 is 0 Å². The number of nitrogens with one attached hydrogen (secondary N) is 2. The SMILES string of the molecule is CN1CCN(CCCCNC(=O)CCC(=O)N2CC(=O)Nc3ccccc32)CC1. The lowest BCUT2D eigenvalue weighted by Gasteiger charge is -2.32. The molecule has 0 aromatic heterocycles. The number of carbonyl (C=O) groups is 3. The molecule has 1 aromatic carbocycles. The number of rotatable bonds is 8. The van der Waals surface area contributed by atoms with Crippen LogP contribution in [0.4, 0.5) is 11.4 Å². The number of carbonyl (C=O) groups excluding carboxylic acids is 3. The number of amides is 3. The lowest BCUT2D eigenvalue weighted by molar-refractivity contribution is -0.125. The monoisotopic (exact) mass is 401 g/mol. The minimum Gasteiger partial charge on any atom is -0.356 e. The van der Waals surface area contributed by atoms with Crippen molar-refractivity contribution in [3.63, 3.8) is 0 Å². The van der Waals surface area contributed by atoms with E-state index in [0.29, 0.717) is 17.9 Å². The summed E-state index contributed by atoms with van der Waals surface area (Å²) in [5.41, 5.74) is 1.31. The number of benzene rings is 1. The summed E-state index contributed by atoms with van der Waals surface area (Å²) in [6.45, 7) is 6.16. The van der Waals surface area contributed by atoms with Crippen LogP contribution in [-0.2, 0) is 14.4 Å². The van der Waals surface area contributed by atoms with Gasteiger partial charge in [-0.3, -0.25) is 14.4 Å². The van der Waals surface area contributed by atoms with Crippen LogP contribution in [0.3, 0.4) is 0 Å². The number of fused-ring (bicyclic) bond motifs is 1. The lowest BCUT2D eigenvalue weighted by atomic mass is 10.1. The lowest BCUT2D eigenvalue weighted by Crippen LogP contribution is -2.44. The third-order valence-corrected chi connectivity index (χ3v) is 5.46. The van der Waals surface area contributed by atoms with E-state index >= 15 is 0 Å². The smallest absolute Gasteiger partial charge is 0.244 e. The van der Waals surface area contributed by atoms with Crippen LogP contribution in [0.15, 0.2) is 24.3 Å². The summed E-state index contributed by atoms with van der Waals surface area (Å²) in [6, 6.07) is 7.20.